The molecule has 0 unspecified atom stereocenters. The van der Waals surface area contributed by atoms with E-state index in [1.165, 1.54) is 0 Å². The van der Waals surface area contributed by atoms with Gasteiger partial charge in [-0.2, -0.15) is 0 Å². The van der Waals surface area contributed by atoms with E-state index >= 15 is 0 Å². The Morgan fingerprint density at radius 2 is 1.73 bits per heavy atom. The van der Waals surface area contributed by atoms with Crippen LogP contribution < -0.4 is 11.3 Å². The molecule has 1 aliphatic rings. The minimum Gasteiger partial charge on any atom is -0.378 e. The van der Waals surface area contributed by atoms with Crippen molar-refractivity contribution in [1.29, 1.82) is 0 Å². The number of unbranched alkanes of at least 4 members (excludes halogenated alkanes) is 1. The number of morpholine rings is 1. The van der Waals surface area contributed by atoms with Gasteiger partial charge in [0.15, 0.2) is 5.82 Å². The standard InChI is InChI=1S/C31H35N5O5/c1-3-4-9-27-32-21(2)24(14-15-28(37)35-16-18-40-19-17-35)30(38)36(27)20-22-10-12-23(13-11-22)25-7-5-6-8-26(25)29-33-31(39)41-34-29/h5-8,10-13H,3-4,9,14-20H2,1-2H3,(H,33,34,39). The van der Waals surface area contributed by atoms with Crippen LogP contribution in [0.2, 0.25) is 0 Å². The van der Waals surface area contributed by atoms with Gasteiger partial charge in [0.1, 0.15) is 5.82 Å². The number of aromatic nitrogens is 4. The van der Waals surface area contributed by atoms with E-state index in [2.05, 4.69) is 17.1 Å². The molecule has 10 nitrogen and oxygen atoms in total. The molecule has 3 heterocycles. The van der Waals surface area contributed by atoms with Crippen molar-refractivity contribution in [2.75, 3.05) is 26.3 Å². The molecule has 10 heteroatoms. The van der Waals surface area contributed by atoms with Crippen LogP contribution in [0.15, 0.2) is 62.6 Å². The molecule has 2 aromatic heterocycles. The third-order valence-corrected chi connectivity index (χ3v) is 7.48. The van der Waals surface area contributed by atoms with Gasteiger partial charge >= 0.3 is 5.76 Å². The summed E-state index contributed by atoms with van der Waals surface area (Å²) in [5.41, 5.74) is 4.77. The number of amides is 1. The monoisotopic (exact) mass is 557 g/mol. The van der Waals surface area contributed by atoms with Crippen molar-refractivity contribution in [2.24, 2.45) is 0 Å². The molecule has 2 aromatic carbocycles. The quantitative estimate of drug-likeness (QED) is 0.315. The topological polar surface area (TPSA) is 123 Å². The number of aromatic amines is 1. The lowest BCUT2D eigenvalue weighted by molar-refractivity contribution is -0.135. The Labute approximate surface area is 238 Å². The molecular weight excluding hydrogens is 522 g/mol. The molecule has 41 heavy (non-hydrogen) atoms. The number of carbonyl (C=O) groups is 1. The summed E-state index contributed by atoms with van der Waals surface area (Å²) in [5, 5.41) is 3.84. The fourth-order valence-electron chi connectivity index (χ4n) is 5.20. The van der Waals surface area contributed by atoms with E-state index in [4.69, 9.17) is 14.2 Å². The minimum atomic E-state index is -0.606. The van der Waals surface area contributed by atoms with Crippen molar-refractivity contribution in [2.45, 2.75) is 52.5 Å². The van der Waals surface area contributed by atoms with Crippen molar-refractivity contribution >= 4 is 5.91 Å². The zero-order valence-corrected chi connectivity index (χ0v) is 23.5. The van der Waals surface area contributed by atoms with E-state index in [-0.39, 0.29) is 17.9 Å². The Morgan fingerprint density at radius 3 is 2.41 bits per heavy atom. The van der Waals surface area contributed by atoms with Gasteiger partial charge in [0.05, 0.1) is 19.8 Å². The zero-order valence-electron chi connectivity index (χ0n) is 23.5. The van der Waals surface area contributed by atoms with Gasteiger partial charge in [-0.05, 0) is 36.5 Å². The smallest absolute Gasteiger partial charge is 0.378 e. The summed E-state index contributed by atoms with van der Waals surface area (Å²) in [6.45, 7) is 6.65. The average Bonchev–Trinajstić information content (AvgIpc) is 3.44. The van der Waals surface area contributed by atoms with Gasteiger partial charge in [0.25, 0.3) is 5.56 Å². The number of aryl methyl sites for hydroxylation is 2. The summed E-state index contributed by atoms with van der Waals surface area (Å²) in [5.74, 6) is 0.569. The van der Waals surface area contributed by atoms with E-state index in [0.717, 1.165) is 40.9 Å². The molecule has 1 aliphatic heterocycles. The van der Waals surface area contributed by atoms with E-state index in [9.17, 15) is 14.4 Å². The molecule has 1 amide bonds. The summed E-state index contributed by atoms with van der Waals surface area (Å²) >= 11 is 0. The Balaban J connectivity index is 1.40. The Hall–Kier alpha value is -4.31. The molecule has 214 valence electrons. The first-order chi connectivity index (χ1) is 19.9. The summed E-state index contributed by atoms with van der Waals surface area (Å²) in [4.78, 5) is 47.3. The first-order valence-electron chi connectivity index (χ1n) is 14.1. The van der Waals surface area contributed by atoms with Crippen molar-refractivity contribution < 1.29 is 14.1 Å². The van der Waals surface area contributed by atoms with Gasteiger partial charge in [0, 0.05) is 42.8 Å². The molecule has 0 aliphatic carbocycles. The summed E-state index contributed by atoms with van der Waals surface area (Å²) in [6.07, 6.45) is 3.27. The average molecular weight is 558 g/mol. The molecule has 0 spiro atoms. The van der Waals surface area contributed by atoms with Gasteiger partial charge in [-0.3, -0.25) is 23.7 Å². The normalized spacial score (nSPS) is 13.5. The lowest BCUT2D eigenvalue weighted by Gasteiger charge is -2.27. The number of rotatable bonds is 10. The number of ether oxygens (including phenoxy) is 1. The van der Waals surface area contributed by atoms with Crippen LogP contribution in [-0.4, -0.2) is 56.8 Å². The van der Waals surface area contributed by atoms with E-state index in [1.54, 1.807) is 9.47 Å². The van der Waals surface area contributed by atoms with Gasteiger partial charge in [-0.15, -0.1) is 0 Å². The highest BCUT2D eigenvalue weighted by Crippen LogP contribution is 2.30. The second-order valence-corrected chi connectivity index (χ2v) is 10.3. The second-order valence-electron chi connectivity index (χ2n) is 10.3. The largest absolute Gasteiger partial charge is 0.439 e. The van der Waals surface area contributed by atoms with Crippen LogP contribution in [0.25, 0.3) is 22.5 Å². The highest BCUT2D eigenvalue weighted by molar-refractivity contribution is 5.80. The van der Waals surface area contributed by atoms with Crippen molar-refractivity contribution in [3.63, 3.8) is 0 Å². The summed E-state index contributed by atoms with van der Waals surface area (Å²) < 4.78 is 11.8. The maximum atomic E-state index is 13.8. The molecule has 5 rings (SSSR count). The number of hydrogen-bond acceptors (Lipinski definition) is 7. The van der Waals surface area contributed by atoms with E-state index < -0.39 is 5.76 Å². The molecule has 1 saturated heterocycles. The third-order valence-electron chi connectivity index (χ3n) is 7.48. The van der Waals surface area contributed by atoms with Gasteiger partial charge in [-0.1, -0.05) is 67.0 Å². The van der Waals surface area contributed by atoms with Crippen LogP contribution >= 0.6 is 0 Å². The van der Waals surface area contributed by atoms with E-state index in [0.29, 0.717) is 62.8 Å². The van der Waals surface area contributed by atoms with E-state index in [1.807, 2.05) is 55.5 Å². The SMILES string of the molecule is CCCCc1nc(C)c(CCC(=O)N2CCOCC2)c(=O)n1Cc1ccc(-c2ccccc2-c2noc(=O)[nH]2)cc1. The summed E-state index contributed by atoms with van der Waals surface area (Å²) in [7, 11) is 0. The lowest BCUT2D eigenvalue weighted by Crippen LogP contribution is -2.41. The molecule has 0 radical (unpaired) electrons. The van der Waals surface area contributed by atoms with Gasteiger partial charge in [-0.25, -0.2) is 9.78 Å². The first-order valence-corrected chi connectivity index (χ1v) is 14.1. The van der Waals surface area contributed by atoms with Gasteiger partial charge < -0.3 is 9.64 Å². The maximum absolute atomic E-state index is 13.8. The van der Waals surface area contributed by atoms with Crippen LogP contribution in [-0.2, 0) is 28.9 Å². The molecule has 4 aromatic rings. The Bertz CT molecular complexity index is 1610. The maximum Gasteiger partial charge on any atom is 0.439 e. The molecular formula is C31H35N5O5. The fourth-order valence-corrected chi connectivity index (χ4v) is 5.20. The highest BCUT2D eigenvalue weighted by atomic mass is 16.5. The van der Waals surface area contributed by atoms with Crippen molar-refractivity contribution in [1.82, 2.24) is 24.6 Å². The predicted octanol–water partition coefficient (Wildman–Crippen LogP) is 3.74. The number of carbonyl (C=O) groups excluding carboxylic acids is 1. The van der Waals surface area contributed by atoms with Crippen LogP contribution in [0, 0.1) is 6.92 Å². The number of H-pyrrole nitrogens is 1. The predicted molar refractivity (Wildman–Crippen MR) is 155 cm³/mol. The molecule has 0 saturated carbocycles. The molecule has 1 fully saturated rings. The molecule has 0 bridgehead atoms. The van der Waals surface area contributed by atoms with Crippen molar-refractivity contribution in [3.05, 3.63) is 92.1 Å². The molecule has 0 atom stereocenters. The Kier molecular flexibility index (Phi) is 8.88. The van der Waals surface area contributed by atoms with Crippen LogP contribution in [0.4, 0.5) is 0 Å². The highest BCUT2D eigenvalue weighted by Gasteiger charge is 2.20. The lowest BCUT2D eigenvalue weighted by atomic mass is 9.98. The second kappa shape index (κ2) is 12.9. The minimum absolute atomic E-state index is 0.0410. The number of hydrogen-bond donors (Lipinski definition) is 1. The Morgan fingerprint density at radius 1 is 1.00 bits per heavy atom. The third kappa shape index (κ3) is 6.54. The van der Waals surface area contributed by atoms with Gasteiger partial charge in [0.2, 0.25) is 5.91 Å². The number of nitrogens with zero attached hydrogens (tertiary/aromatic N) is 4. The first kappa shape index (κ1) is 28.2. The molecule has 1 N–H and O–H groups in total. The van der Waals surface area contributed by atoms with Crippen LogP contribution in [0.3, 0.4) is 0 Å². The fraction of sp³-hybridized carbons (Fsp3) is 0.387. The summed E-state index contributed by atoms with van der Waals surface area (Å²) in [6, 6.07) is 15.6. The number of benzene rings is 2. The van der Waals surface area contributed by atoms with Crippen LogP contribution in [0.5, 0.6) is 0 Å². The van der Waals surface area contributed by atoms with Crippen molar-refractivity contribution in [3.8, 4) is 22.5 Å². The number of nitrogens with one attached hydrogen (secondary N) is 1. The van der Waals surface area contributed by atoms with Crippen LogP contribution in [0.1, 0.15) is 48.8 Å². The zero-order chi connectivity index (χ0) is 28.8.